The number of aliphatic hydroxyl groups is 1. The van der Waals surface area contributed by atoms with E-state index in [1.54, 1.807) is 32.0 Å². The van der Waals surface area contributed by atoms with E-state index in [0.717, 1.165) is 6.42 Å². The topological polar surface area (TPSA) is 61.7 Å². The number of carbonyl (C=O) groups excluding carboxylic acids is 1. The van der Waals surface area contributed by atoms with Crippen molar-refractivity contribution >= 4 is 22.8 Å². The molecule has 1 saturated heterocycles. The third-order valence-electron chi connectivity index (χ3n) is 4.69. The monoisotopic (exact) mass is 322 g/mol. The molecule has 2 atom stereocenters. The Morgan fingerprint density at radius 1 is 1.41 bits per heavy atom. The molecule has 3 rings (SSSR count). The Labute approximate surface area is 133 Å². The number of nitrogens with zero attached hydrogens (tertiary/aromatic N) is 1. The molecule has 1 aromatic carbocycles. The minimum atomic E-state index is -0.972. The number of hydrogen-bond donors (Lipinski definition) is 2. The van der Waals surface area contributed by atoms with Gasteiger partial charge in [-0.1, -0.05) is 30.0 Å². The van der Waals surface area contributed by atoms with Crippen LogP contribution in [0.2, 0.25) is 0 Å². The van der Waals surface area contributed by atoms with Crippen LogP contribution in [0.5, 0.6) is 0 Å². The predicted molar refractivity (Wildman–Crippen MR) is 85.2 cm³/mol. The van der Waals surface area contributed by atoms with Gasteiger partial charge in [0, 0.05) is 5.56 Å². The van der Waals surface area contributed by atoms with Gasteiger partial charge in [-0.25, -0.2) is 4.39 Å². The van der Waals surface area contributed by atoms with E-state index in [0.29, 0.717) is 23.6 Å². The number of rotatable bonds is 3. The average Bonchev–Trinajstić information content (AvgIpc) is 2.72. The van der Waals surface area contributed by atoms with Gasteiger partial charge >= 0.3 is 0 Å². The van der Waals surface area contributed by atoms with Crippen molar-refractivity contribution in [2.45, 2.75) is 49.5 Å². The highest BCUT2D eigenvalue weighted by Gasteiger charge is 2.59. The van der Waals surface area contributed by atoms with Crippen molar-refractivity contribution in [1.82, 2.24) is 5.32 Å². The van der Waals surface area contributed by atoms with E-state index in [1.807, 2.05) is 0 Å². The molecule has 2 aliphatic rings. The molecule has 1 aliphatic heterocycles. The SMILES string of the molecule is C[C@H](N=C1NC(=O)C(C)(C2(O)CCC2)S1)c1ccccc1F. The van der Waals surface area contributed by atoms with Crippen molar-refractivity contribution in [3.05, 3.63) is 35.6 Å². The Balaban J connectivity index is 1.82. The molecule has 118 valence electrons. The van der Waals surface area contributed by atoms with Crippen molar-refractivity contribution in [3.8, 4) is 0 Å². The highest BCUT2D eigenvalue weighted by molar-refractivity contribution is 8.16. The summed E-state index contributed by atoms with van der Waals surface area (Å²) in [5, 5.41) is 13.7. The molecular weight excluding hydrogens is 303 g/mol. The van der Waals surface area contributed by atoms with Gasteiger partial charge in [0.05, 0.1) is 11.6 Å². The number of amidine groups is 1. The van der Waals surface area contributed by atoms with Crippen molar-refractivity contribution in [3.63, 3.8) is 0 Å². The average molecular weight is 322 g/mol. The first kappa shape index (κ1) is 15.5. The highest BCUT2D eigenvalue weighted by Crippen LogP contribution is 2.50. The Kier molecular flexibility index (Phi) is 3.77. The molecule has 2 fully saturated rings. The smallest absolute Gasteiger partial charge is 0.245 e. The van der Waals surface area contributed by atoms with Crippen LogP contribution < -0.4 is 5.32 Å². The largest absolute Gasteiger partial charge is 0.388 e. The summed E-state index contributed by atoms with van der Waals surface area (Å²) in [5.41, 5.74) is -0.485. The van der Waals surface area contributed by atoms with Gasteiger partial charge in [-0.05, 0) is 39.2 Å². The molecule has 1 amide bonds. The third kappa shape index (κ3) is 2.34. The van der Waals surface area contributed by atoms with Gasteiger partial charge in [-0.15, -0.1) is 0 Å². The van der Waals surface area contributed by atoms with Crippen LogP contribution in [0.4, 0.5) is 4.39 Å². The molecule has 0 bridgehead atoms. The van der Waals surface area contributed by atoms with E-state index in [9.17, 15) is 14.3 Å². The molecule has 4 nitrogen and oxygen atoms in total. The van der Waals surface area contributed by atoms with Crippen LogP contribution in [0, 0.1) is 5.82 Å². The standard InChI is InChI=1S/C16H19FN2O2S/c1-10(11-6-3-4-7-12(11)17)18-14-19-13(20)15(2,22-14)16(21)8-5-9-16/h3-4,6-7,10,21H,5,8-9H2,1-2H3,(H,18,19,20)/t10-,15?/m0/s1. The fraction of sp³-hybridized carbons (Fsp3) is 0.500. The number of thioether (sulfide) groups is 1. The Bertz CT molecular complexity index is 645. The Morgan fingerprint density at radius 3 is 2.68 bits per heavy atom. The van der Waals surface area contributed by atoms with E-state index in [1.165, 1.54) is 17.8 Å². The number of aliphatic imine (C=N–C) groups is 1. The molecule has 0 spiro atoms. The molecule has 6 heteroatoms. The van der Waals surface area contributed by atoms with Crippen molar-refractivity contribution in [1.29, 1.82) is 0 Å². The summed E-state index contributed by atoms with van der Waals surface area (Å²) >= 11 is 1.25. The minimum absolute atomic E-state index is 0.223. The second kappa shape index (κ2) is 5.35. The van der Waals surface area contributed by atoms with Crippen molar-refractivity contribution in [2.24, 2.45) is 4.99 Å². The molecule has 1 aliphatic carbocycles. The zero-order valence-corrected chi connectivity index (χ0v) is 13.4. The maximum absolute atomic E-state index is 13.8. The fourth-order valence-corrected chi connectivity index (χ4v) is 4.17. The number of hydrogen-bond acceptors (Lipinski definition) is 4. The number of amides is 1. The van der Waals surface area contributed by atoms with E-state index in [-0.39, 0.29) is 11.7 Å². The number of nitrogens with one attached hydrogen (secondary N) is 1. The molecule has 1 aromatic rings. The van der Waals surface area contributed by atoms with Gasteiger partial charge in [0.25, 0.3) is 0 Å². The minimum Gasteiger partial charge on any atom is -0.388 e. The normalized spacial score (nSPS) is 30.0. The lowest BCUT2D eigenvalue weighted by Crippen LogP contribution is -2.58. The summed E-state index contributed by atoms with van der Waals surface area (Å²) in [5.74, 6) is -0.534. The van der Waals surface area contributed by atoms with E-state index in [2.05, 4.69) is 10.3 Å². The molecule has 2 N–H and O–H groups in total. The van der Waals surface area contributed by atoms with Gasteiger partial charge in [-0.3, -0.25) is 9.79 Å². The third-order valence-corrected chi connectivity index (χ3v) is 6.06. The molecular formula is C16H19FN2O2S. The molecule has 1 heterocycles. The van der Waals surface area contributed by atoms with Crippen molar-refractivity contribution in [2.75, 3.05) is 0 Å². The number of carbonyl (C=O) groups is 1. The molecule has 22 heavy (non-hydrogen) atoms. The Morgan fingerprint density at radius 2 is 2.09 bits per heavy atom. The summed E-state index contributed by atoms with van der Waals surface area (Å²) < 4.78 is 12.9. The lowest BCUT2D eigenvalue weighted by Gasteiger charge is -2.46. The maximum atomic E-state index is 13.8. The summed E-state index contributed by atoms with van der Waals surface area (Å²) in [6.45, 7) is 3.54. The Hall–Kier alpha value is -1.40. The van der Waals surface area contributed by atoms with Gasteiger partial charge in [0.1, 0.15) is 10.6 Å². The molecule has 1 saturated carbocycles. The summed E-state index contributed by atoms with van der Waals surface area (Å²) in [6.07, 6.45) is 2.18. The lowest BCUT2D eigenvalue weighted by atomic mass is 9.71. The summed E-state index contributed by atoms with van der Waals surface area (Å²) in [4.78, 5) is 16.7. The first-order chi connectivity index (χ1) is 10.4. The second-order valence-electron chi connectivity index (χ2n) is 6.11. The van der Waals surface area contributed by atoms with Gasteiger partial charge in [0.15, 0.2) is 5.17 Å². The molecule has 1 unspecified atom stereocenters. The second-order valence-corrected chi connectivity index (χ2v) is 7.51. The van der Waals surface area contributed by atoms with Gasteiger partial charge < -0.3 is 10.4 Å². The first-order valence-corrected chi connectivity index (χ1v) is 8.22. The zero-order chi connectivity index (χ0) is 16.0. The van der Waals surface area contributed by atoms with E-state index < -0.39 is 16.4 Å². The van der Waals surface area contributed by atoms with Gasteiger partial charge in [0.2, 0.25) is 5.91 Å². The maximum Gasteiger partial charge on any atom is 0.245 e. The lowest BCUT2D eigenvalue weighted by molar-refractivity contribution is -0.134. The van der Waals surface area contributed by atoms with Crippen LogP contribution in [0.3, 0.4) is 0 Å². The first-order valence-electron chi connectivity index (χ1n) is 7.41. The quantitative estimate of drug-likeness (QED) is 0.899. The summed E-state index contributed by atoms with van der Waals surface area (Å²) in [7, 11) is 0. The highest BCUT2D eigenvalue weighted by atomic mass is 32.2. The van der Waals surface area contributed by atoms with Crippen LogP contribution in [0.1, 0.15) is 44.7 Å². The number of benzene rings is 1. The zero-order valence-electron chi connectivity index (χ0n) is 12.6. The predicted octanol–water partition coefficient (Wildman–Crippen LogP) is 2.78. The molecule has 0 aromatic heterocycles. The van der Waals surface area contributed by atoms with Crippen molar-refractivity contribution < 1.29 is 14.3 Å². The van der Waals surface area contributed by atoms with Crippen LogP contribution >= 0.6 is 11.8 Å². The summed E-state index contributed by atoms with van der Waals surface area (Å²) in [6, 6.07) is 6.07. The van der Waals surface area contributed by atoms with E-state index >= 15 is 0 Å². The van der Waals surface area contributed by atoms with Crippen LogP contribution in [0.25, 0.3) is 0 Å². The van der Waals surface area contributed by atoms with Gasteiger partial charge in [-0.2, -0.15) is 0 Å². The fourth-order valence-electron chi connectivity index (χ4n) is 2.89. The molecule has 0 radical (unpaired) electrons. The van der Waals surface area contributed by atoms with E-state index in [4.69, 9.17) is 0 Å². The van der Waals surface area contributed by atoms with Crippen LogP contribution in [0.15, 0.2) is 29.3 Å². The number of halogens is 1. The van der Waals surface area contributed by atoms with Crippen LogP contribution in [-0.4, -0.2) is 26.5 Å². The van der Waals surface area contributed by atoms with Crippen LogP contribution in [-0.2, 0) is 4.79 Å².